The molecule has 0 radical (unpaired) electrons. The molecule has 2 heterocycles. The average molecular weight is 386 g/mol. The van der Waals surface area contributed by atoms with E-state index < -0.39 is 22.7 Å². The molecule has 0 unspecified atom stereocenters. The Morgan fingerprint density at radius 3 is 2.65 bits per heavy atom. The van der Waals surface area contributed by atoms with Crippen LogP contribution in [0.4, 0.5) is 30.6 Å². The zero-order valence-corrected chi connectivity index (χ0v) is 13.8. The predicted octanol–water partition coefficient (Wildman–Crippen LogP) is 2.32. The third kappa shape index (κ3) is 4.21. The van der Waals surface area contributed by atoms with E-state index in [4.69, 9.17) is 5.14 Å². The molecule has 0 bridgehead atoms. The molecule has 0 fully saturated rings. The molecule has 0 aliphatic rings. The molecule has 0 saturated carbocycles. The molecular weight excluding hydrogens is 373 g/mol. The number of primary sulfonamides is 1. The first-order valence-corrected chi connectivity index (χ1v) is 8.72. The van der Waals surface area contributed by atoms with E-state index in [9.17, 15) is 21.6 Å². The lowest BCUT2D eigenvalue weighted by Gasteiger charge is -2.12. The van der Waals surface area contributed by atoms with Gasteiger partial charge >= 0.3 is 6.18 Å². The molecule has 1 aromatic carbocycles. The minimum absolute atomic E-state index is 0.0151. The lowest BCUT2D eigenvalue weighted by Crippen LogP contribution is -2.22. The summed E-state index contributed by atoms with van der Waals surface area (Å²) >= 11 is 0. The van der Waals surface area contributed by atoms with E-state index in [1.54, 1.807) is 12.1 Å². The van der Waals surface area contributed by atoms with Gasteiger partial charge in [-0.2, -0.15) is 23.1 Å². The molecule has 12 heteroatoms. The summed E-state index contributed by atoms with van der Waals surface area (Å²) in [7, 11) is -3.90. The van der Waals surface area contributed by atoms with E-state index in [1.165, 1.54) is 24.4 Å². The number of aromatic nitrogens is 3. The first-order valence-electron chi connectivity index (χ1n) is 7.17. The molecule has 3 aromatic rings. The lowest BCUT2D eigenvalue weighted by molar-refractivity contribution is -0.115. The first-order chi connectivity index (χ1) is 12.1. The number of rotatable bonds is 5. The average Bonchev–Trinajstić information content (AvgIpc) is 3.00. The highest BCUT2D eigenvalue weighted by atomic mass is 32.2. The van der Waals surface area contributed by atoms with Crippen LogP contribution in [0.25, 0.3) is 11.0 Å². The highest BCUT2D eigenvalue weighted by molar-refractivity contribution is 7.89. The largest absolute Gasteiger partial charge is 0.405 e. The van der Waals surface area contributed by atoms with E-state index in [1.807, 2.05) is 0 Å². The van der Waals surface area contributed by atoms with Gasteiger partial charge in [-0.25, -0.2) is 13.6 Å². The molecule has 5 N–H and O–H groups in total. The van der Waals surface area contributed by atoms with Crippen molar-refractivity contribution in [2.45, 2.75) is 11.1 Å². The van der Waals surface area contributed by atoms with Crippen LogP contribution < -0.4 is 15.8 Å². The fourth-order valence-electron chi connectivity index (χ4n) is 2.20. The number of nitrogens with one attached hydrogen (secondary N) is 3. The number of alkyl halides is 3. The van der Waals surface area contributed by atoms with Crippen molar-refractivity contribution >= 4 is 38.5 Å². The van der Waals surface area contributed by atoms with Crippen LogP contribution in [0.15, 0.2) is 41.4 Å². The van der Waals surface area contributed by atoms with Gasteiger partial charge in [-0.05, 0) is 24.3 Å². The van der Waals surface area contributed by atoms with Gasteiger partial charge < -0.3 is 15.6 Å². The molecule has 0 amide bonds. The summed E-state index contributed by atoms with van der Waals surface area (Å²) in [5.74, 6) is -0.0325. The van der Waals surface area contributed by atoms with Crippen molar-refractivity contribution in [3.05, 3.63) is 36.5 Å². The minimum atomic E-state index is -4.41. The zero-order chi connectivity index (χ0) is 18.9. The summed E-state index contributed by atoms with van der Waals surface area (Å²) in [5, 5.41) is 10.4. The van der Waals surface area contributed by atoms with Gasteiger partial charge in [0.15, 0.2) is 0 Å². The van der Waals surface area contributed by atoms with Gasteiger partial charge in [0.05, 0.1) is 10.3 Å². The van der Waals surface area contributed by atoms with Crippen molar-refractivity contribution in [3.63, 3.8) is 0 Å². The second kappa shape index (κ2) is 6.46. The number of anilines is 3. The fourth-order valence-corrected chi connectivity index (χ4v) is 2.76. The summed E-state index contributed by atoms with van der Waals surface area (Å²) in [5.41, 5.74) is 0.624. The number of halogens is 3. The van der Waals surface area contributed by atoms with Crippen molar-refractivity contribution in [1.29, 1.82) is 0 Å². The quantitative estimate of drug-likeness (QED) is 0.533. The summed E-state index contributed by atoms with van der Waals surface area (Å²) < 4.78 is 60.2. The van der Waals surface area contributed by atoms with Crippen molar-refractivity contribution in [3.8, 4) is 0 Å². The number of benzene rings is 1. The van der Waals surface area contributed by atoms with Crippen molar-refractivity contribution in [2.24, 2.45) is 5.14 Å². The monoisotopic (exact) mass is 386 g/mol. The number of hydrogen-bond donors (Lipinski definition) is 4. The fraction of sp³-hybridized carbons (Fsp3) is 0.143. The molecule has 8 nitrogen and oxygen atoms in total. The second-order valence-corrected chi connectivity index (χ2v) is 6.86. The maximum atomic E-state index is 12.5. The third-order valence-corrected chi connectivity index (χ3v) is 4.20. The normalized spacial score (nSPS) is 12.3. The Hall–Kier alpha value is -2.86. The molecule has 0 aliphatic carbocycles. The molecule has 0 atom stereocenters. The van der Waals surface area contributed by atoms with Gasteiger partial charge in [0.25, 0.3) is 0 Å². The van der Waals surface area contributed by atoms with Crippen molar-refractivity contribution < 1.29 is 21.6 Å². The van der Waals surface area contributed by atoms with Crippen LogP contribution in [0.2, 0.25) is 0 Å². The van der Waals surface area contributed by atoms with E-state index in [0.29, 0.717) is 16.7 Å². The number of H-pyrrole nitrogens is 1. The van der Waals surface area contributed by atoms with Crippen LogP contribution in [-0.2, 0) is 10.0 Å². The van der Waals surface area contributed by atoms with Crippen LogP contribution in [0.5, 0.6) is 0 Å². The molecule has 3 rings (SSSR count). The number of aromatic amines is 1. The van der Waals surface area contributed by atoms with Crippen LogP contribution in [0.3, 0.4) is 0 Å². The summed E-state index contributed by atoms with van der Waals surface area (Å²) in [6.07, 6.45) is -2.89. The maximum Gasteiger partial charge on any atom is 0.405 e. The van der Waals surface area contributed by atoms with Crippen LogP contribution in [0, 0.1) is 0 Å². The highest BCUT2D eigenvalue weighted by Crippen LogP contribution is 2.25. The summed E-state index contributed by atoms with van der Waals surface area (Å²) in [4.78, 5) is 10.8. The standard InChI is InChI=1S/C14H13F3N6O2S/c15-14(16,17)7-20-12-10-4-5-19-11(10)22-13(23-12)21-8-2-1-3-9(6-8)26(18,24)25/h1-6H,7H2,(H2,18,24,25)(H3,19,20,21,22,23). The third-order valence-electron chi connectivity index (χ3n) is 3.29. The number of fused-ring (bicyclic) bond motifs is 1. The Kier molecular flexibility index (Phi) is 4.46. The van der Waals surface area contributed by atoms with E-state index in [2.05, 4.69) is 25.6 Å². The second-order valence-electron chi connectivity index (χ2n) is 5.30. The highest BCUT2D eigenvalue weighted by Gasteiger charge is 2.27. The van der Waals surface area contributed by atoms with Gasteiger partial charge in [-0.1, -0.05) is 6.07 Å². The topological polar surface area (TPSA) is 126 Å². The summed E-state index contributed by atoms with van der Waals surface area (Å²) in [6, 6.07) is 7.11. The SMILES string of the molecule is NS(=O)(=O)c1cccc(Nc2nc(NCC(F)(F)F)c3cc[nH]c3n2)c1. The van der Waals surface area contributed by atoms with Crippen LogP contribution >= 0.6 is 0 Å². The number of nitrogens with zero attached hydrogens (tertiary/aromatic N) is 2. The molecule has 2 aromatic heterocycles. The first kappa shape index (κ1) is 17.9. The molecule has 138 valence electrons. The van der Waals surface area contributed by atoms with E-state index in [-0.39, 0.29) is 16.7 Å². The number of hydrogen-bond acceptors (Lipinski definition) is 6. The predicted molar refractivity (Wildman–Crippen MR) is 89.5 cm³/mol. The van der Waals surface area contributed by atoms with Gasteiger partial charge in [-0.15, -0.1) is 0 Å². The Balaban J connectivity index is 1.93. The van der Waals surface area contributed by atoms with Crippen molar-refractivity contribution in [1.82, 2.24) is 15.0 Å². The van der Waals surface area contributed by atoms with Crippen LogP contribution in [0.1, 0.15) is 0 Å². The van der Waals surface area contributed by atoms with Gasteiger partial charge in [0, 0.05) is 11.9 Å². The molecular formula is C14H13F3N6O2S. The lowest BCUT2D eigenvalue weighted by atomic mass is 10.3. The molecule has 26 heavy (non-hydrogen) atoms. The Bertz CT molecular complexity index is 1050. The molecule has 0 saturated heterocycles. The smallest absolute Gasteiger partial charge is 0.360 e. The van der Waals surface area contributed by atoms with Crippen molar-refractivity contribution in [2.75, 3.05) is 17.2 Å². The Morgan fingerprint density at radius 2 is 1.96 bits per heavy atom. The van der Waals surface area contributed by atoms with Gasteiger partial charge in [0.1, 0.15) is 18.0 Å². The van der Waals surface area contributed by atoms with Gasteiger partial charge in [-0.3, -0.25) is 0 Å². The maximum absolute atomic E-state index is 12.5. The molecule has 0 aliphatic heterocycles. The summed E-state index contributed by atoms with van der Waals surface area (Å²) in [6.45, 7) is -1.26. The van der Waals surface area contributed by atoms with E-state index >= 15 is 0 Å². The molecule has 0 spiro atoms. The Morgan fingerprint density at radius 1 is 1.19 bits per heavy atom. The van der Waals surface area contributed by atoms with Crippen LogP contribution in [-0.4, -0.2) is 36.1 Å². The number of nitrogens with two attached hydrogens (primary N) is 1. The zero-order valence-electron chi connectivity index (χ0n) is 13.0. The van der Waals surface area contributed by atoms with E-state index in [0.717, 1.165) is 0 Å². The Labute approximate surface area is 145 Å². The number of sulfonamides is 1. The minimum Gasteiger partial charge on any atom is -0.360 e. The van der Waals surface area contributed by atoms with Gasteiger partial charge in [0.2, 0.25) is 16.0 Å².